The van der Waals surface area contributed by atoms with Crippen LogP contribution in [0.1, 0.15) is 5.56 Å². The van der Waals surface area contributed by atoms with Crippen molar-refractivity contribution in [1.29, 1.82) is 0 Å². The quantitative estimate of drug-likeness (QED) is 0.364. The smallest absolute Gasteiger partial charge is 0.0723 e. The number of aryl methyl sites for hydroxylation is 1. The normalized spacial score (nSPS) is 11.0. The molecule has 0 spiro atoms. The Balaban J connectivity index is 1.84. The van der Waals surface area contributed by atoms with Gasteiger partial charge in [0.2, 0.25) is 0 Å². The molecule has 3 heteroatoms. The summed E-state index contributed by atoms with van der Waals surface area (Å²) in [5, 5.41) is 2.23. The van der Waals surface area contributed by atoms with E-state index in [1.54, 1.807) is 0 Å². The van der Waals surface area contributed by atoms with Crippen LogP contribution in [0.3, 0.4) is 0 Å². The number of nitrogens with zero attached hydrogens (tertiary/aromatic N) is 3. The van der Waals surface area contributed by atoms with Gasteiger partial charge in [0.25, 0.3) is 0 Å². The summed E-state index contributed by atoms with van der Waals surface area (Å²) in [6.45, 7) is 2.11. The fraction of sp³-hybridized carbons (Fsp3) is 0.0400. The minimum absolute atomic E-state index is 0.982. The summed E-state index contributed by atoms with van der Waals surface area (Å²) in [5.74, 6) is 0. The fourth-order valence-corrected chi connectivity index (χ4v) is 3.67. The fourth-order valence-electron chi connectivity index (χ4n) is 3.67. The number of hydrogen-bond acceptors (Lipinski definition) is 3. The van der Waals surface area contributed by atoms with E-state index in [9.17, 15) is 0 Å². The second-order valence-corrected chi connectivity index (χ2v) is 6.87. The van der Waals surface area contributed by atoms with Gasteiger partial charge in [-0.05, 0) is 67.6 Å². The zero-order valence-corrected chi connectivity index (χ0v) is 15.6. The third kappa shape index (κ3) is 2.78. The summed E-state index contributed by atoms with van der Waals surface area (Å²) >= 11 is 0. The van der Waals surface area contributed by atoms with Gasteiger partial charge in [-0.3, -0.25) is 9.97 Å². The Morgan fingerprint density at radius 1 is 0.571 bits per heavy atom. The van der Waals surface area contributed by atoms with Gasteiger partial charge < -0.3 is 4.90 Å². The van der Waals surface area contributed by atoms with Crippen LogP contribution in [-0.2, 0) is 0 Å². The highest BCUT2D eigenvalue weighted by Gasteiger charge is 2.17. The molecule has 0 unspecified atom stereocenters. The van der Waals surface area contributed by atoms with E-state index >= 15 is 0 Å². The lowest BCUT2D eigenvalue weighted by Gasteiger charge is -2.27. The summed E-state index contributed by atoms with van der Waals surface area (Å²) in [4.78, 5) is 11.4. The van der Waals surface area contributed by atoms with E-state index in [1.807, 2.05) is 24.5 Å². The zero-order chi connectivity index (χ0) is 18.9. The molecule has 3 aromatic carbocycles. The maximum Gasteiger partial charge on any atom is 0.0723 e. The third-order valence-corrected chi connectivity index (χ3v) is 5.02. The molecule has 0 bridgehead atoms. The van der Waals surface area contributed by atoms with Crippen LogP contribution >= 0.6 is 0 Å². The number of aromatic nitrogens is 2. The Hall–Kier alpha value is -3.72. The van der Waals surface area contributed by atoms with Crippen molar-refractivity contribution in [2.24, 2.45) is 0 Å². The molecule has 5 rings (SSSR count). The van der Waals surface area contributed by atoms with Crippen molar-refractivity contribution < 1.29 is 0 Å². The molecular formula is C25H19N3. The standard InChI is InChI=1S/C25H19N3/c1-18-12-14-19(15-13-18)28(24-10-2-8-22-20(24)6-4-16-26-22)25-11-3-9-23-21(25)7-5-17-27-23/h2-17H,1H3. The van der Waals surface area contributed by atoms with E-state index in [0.29, 0.717) is 0 Å². The third-order valence-electron chi connectivity index (χ3n) is 5.02. The van der Waals surface area contributed by atoms with Crippen LogP contribution < -0.4 is 4.90 Å². The van der Waals surface area contributed by atoms with Crippen molar-refractivity contribution >= 4 is 38.9 Å². The molecule has 2 aromatic heterocycles. The first-order chi connectivity index (χ1) is 13.8. The van der Waals surface area contributed by atoms with Crippen LogP contribution in [0.4, 0.5) is 17.1 Å². The first-order valence-corrected chi connectivity index (χ1v) is 9.35. The summed E-state index contributed by atoms with van der Waals surface area (Å²) in [6, 6.07) is 29.4. The minimum atomic E-state index is 0.982. The van der Waals surface area contributed by atoms with E-state index in [0.717, 1.165) is 38.9 Å². The van der Waals surface area contributed by atoms with Gasteiger partial charge in [-0.25, -0.2) is 0 Å². The van der Waals surface area contributed by atoms with E-state index < -0.39 is 0 Å². The molecule has 0 amide bonds. The molecule has 28 heavy (non-hydrogen) atoms. The number of benzene rings is 3. The van der Waals surface area contributed by atoms with Crippen LogP contribution in [0, 0.1) is 6.92 Å². The molecule has 0 saturated heterocycles. The monoisotopic (exact) mass is 361 g/mol. The molecule has 5 aromatic rings. The summed E-state index contributed by atoms with van der Waals surface area (Å²) in [7, 11) is 0. The summed E-state index contributed by atoms with van der Waals surface area (Å²) in [5.41, 5.74) is 6.52. The van der Waals surface area contributed by atoms with Gasteiger partial charge in [0.15, 0.2) is 0 Å². The number of pyridine rings is 2. The lowest BCUT2D eigenvalue weighted by atomic mass is 10.1. The molecule has 0 aliphatic heterocycles. The first-order valence-electron chi connectivity index (χ1n) is 9.35. The van der Waals surface area contributed by atoms with E-state index in [1.165, 1.54) is 5.56 Å². The topological polar surface area (TPSA) is 29.0 Å². The number of rotatable bonds is 3. The van der Waals surface area contributed by atoms with Gasteiger partial charge in [-0.2, -0.15) is 0 Å². The number of hydrogen-bond donors (Lipinski definition) is 0. The molecule has 2 heterocycles. The molecule has 0 fully saturated rings. The first kappa shape index (κ1) is 16.5. The highest BCUT2D eigenvalue weighted by molar-refractivity contribution is 6.02. The zero-order valence-electron chi connectivity index (χ0n) is 15.6. The van der Waals surface area contributed by atoms with Gasteiger partial charge >= 0.3 is 0 Å². The number of anilines is 3. The van der Waals surface area contributed by atoms with Crippen molar-refractivity contribution in [3.63, 3.8) is 0 Å². The van der Waals surface area contributed by atoms with E-state index in [-0.39, 0.29) is 0 Å². The highest BCUT2D eigenvalue weighted by Crippen LogP contribution is 2.41. The molecule has 0 aliphatic carbocycles. The molecular weight excluding hydrogens is 342 g/mol. The Morgan fingerprint density at radius 3 is 1.64 bits per heavy atom. The molecule has 0 aliphatic rings. The minimum Gasteiger partial charge on any atom is -0.309 e. The molecule has 0 atom stereocenters. The van der Waals surface area contributed by atoms with Crippen LogP contribution in [0.15, 0.2) is 97.3 Å². The van der Waals surface area contributed by atoms with E-state index in [2.05, 4.69) is 94.6 Å². The number of fused-ring (bicyclic) bond motifs is 2. The van der Waals surface area contributed by atoms with Crippen LogP contribution in [0.2, 0.25) is 0 Å². The highest BCUT2D eigenvalue weighted by atomic mass is 15.1. The van der Waals surface area contributed by atoms with Gasteiger partial charge in [0, 0.05) is 28.9 Å². The Bertz CT molecular complexity index is 1190. The van der Waals surface area contributed by atoms with Gasteiger partial charge in [0.1, 0.15) is 0 Å². The van der Waals surface area contributed by atoms with Crippen LogP contribution in [0.25, 0.3) is 21.8 Å². The van der Waals surface area contributed by atoms with Crippen LogP contribution in [-0.4, -0.2) is 9.97 Å². The molecule has 3 nitrogen and oxygen atoms in total. The van der Waals surface area contributed by atoms with Gasteiger partial charge in [-0.15, -0.1) is 0 Å². The van der Waals surface area contributed by atoms with Crippen molar-refractivity contribution in [1.82, 2.24) is 9.97 Å². The maximum atomic E-state index is 4.55. The molecule has 0 radical (unpaired) electrons. The van der Waals surface area contributed by atoms with Crippen molar-refractivity contribution in [2.75, 3.05) is 4.90 Å². The second-order valence-electron chi connectivity index (χ2n) is 6.87. The Labute approximate surface area is 163 Å². The largest absolute Gasteiger partial charge is 0.309 e. The van der Waals surface area contributed by atoms with Crippen molar-refractivity contribution in [2.45, 2.75) is 6.92 Å². The lowest BCUT2D eigenvalue weighted by molar-refractivity contribution is 1.29. The van der Waals surface area contributed by atoms with E-state index in [4.69, 9.17) is 0 Å². The molecule has 0 N–H and O–H groups in total. The SMILES string of the molecule is Cc1ccc(N(c2cccc3ncccc23)c2cccc3ncccc23)cc1. The molecule has 134 valence electrons. The molecule has 0 saturated carbocycles. The second kappa shape index (κ2) is 6.78. The Kier molecular flexibility index (Phi) is 3.99. The average molecular weight is 361 g/mol. The lowest BCUT2D eigenvalue weighted by Crippen LogP contribution is -2.11. The summed E-state index contributed by atoms with van der Waals surface area (Å²) in [6.07, 6.45) is 3.67. The van der Waals surface area contributed by atoms with Gasteiger partial charge in [-0.1, -0.05) is 29.8 Å². The van der Waals surface area contributed by atoms with Crippen LogP contribution in [0.5, 0.6) is 0 Å². The summed E-state index contributed by atoms with van der Waals surface area (Å²) < 4.78 is 0. The predicted octanol–water partition coefficient (Wildman–Crippen LogP) is 6.56. The van der Waals surface area contributed by atoms with Gasteiger partial charge in [0.05, 0.1) is 22.4 Å². The van der Waals surface area contributed by atoms with Crippen molar-refractivity contribution in [3.8, 4) is 0 Å². The Morgan fingerprint density at radius 2 is 1.11 bits per heavy atom. The average Bonchev–Trinajstić information content (AvgIpc) is 2.75. The maximum absolute atomic E-state index is 4.55. The van der Waals surface area contributed by atoms with Crippen molar-refractivity contribution in [3.05, 3.63) is 103 Å². The predicted molar refractivity (Wildman–Crippen MR) is 116 cm³/mol.